The fraction of sp³-hybridized carbons (Fsp3) is 1.00. The fourth-order valence-corrected chi connectivity index (χ4v) is 5.16. The predicted molar refractivity (Wildman–Crippen MR) is 75.3 cm³/mol. The molecular weight excluding hydrogens is 262 g/mol. The van der Waals surface area contributed by atoms with Crippen molar-refractivity contribution in [1.82, 2.24) is 9.21 Å². The van der Waals surface area contributed by atoms with Crippen LogP contribution in [0.2, 0.25) is 0 Å². The third-order valence-electron chi connectivity index (χ3n) is 4.75. The molecule has 3 aliphatic rings. The Kier molecular flexibility index (Phi) is 3.86. The highest BCUT2D eigenvalue weighted by atomic mass is 32.2. The van der Waals surface area contributed by atoms with Crippen LogP contribution in [0.5, 0.6) is 0 Å². The van der Waals surface area contributed by atoms with E-state index >= 15 is 0 Å². The summed E-state index contributed by atoms with van der Waals surface area (Å²) in [4.78, 5) is 2.44. The standard InChI is InChI=1S/C13H25N3O2S/c14-12-3-6-15(7-4-12)13-5-8-16(9-13)19(17,18)10-11-1-2-11/h11-13H,1-10,14H2. The molecule has 0 aromatic rings. The monoisotopic (exact) mass is 287 g/mol. The normalized spacial score (nSPS) is 31.9. The summed E-state index contributed by atoms with van der Waals surface area (Å²) in [7, 11) is -3.00. The van der Waals surface area contributed by atoms with Crippen LogP contribution >= 0.6 is 0 Å². The van der Waals surface area contributed by atoms with Crippen molar-refractivity contribution in [3.8, 4) is 0 Å². The van der Waals surface area contributed by atoms with E-state index in [0.29, 0.717) is 36.8 Å². The first-order chi connectivity index (χ1) is 9.04. The minimum Gasteiger partial charge on any atom is -0.328 e. The van der Waals surface area contributed by atoms with Crippen molar-refractivity contribution < 1.29 is 8.42 Å². The highest BCUT2D eigenvalue weighted by Gasteiger charge is 2.38. The Labute approximate surface area is 116 Å². The lowest BCUT2D eigenvalue weighted by molar-refractivity contribution is 0.159. The minimum atomic E-state index is -3.00. The van der Waals surface area contributed by atoms with Gasteiger partial charge in [0.05, 0.1) is 5.75 Å². The molecule has 1 unspecified atom stereocenters. The molecule has 0 aromatic carbocycles. The van der Waals surface area contributed by atoms with E-state index in [2.05, 4.69) is 4.90 Å². The van der Waals surface area contributed by atoms with Gasteiger partial charge in [-0.05, 0) is 51.1 Å². The SMILES string of the molecule is NC1CCN(C2CCN(S(=O)(=O)CC3CC3)C2)CC1. The van der Waals surface area contributed by atoms with Crippen molar-refractivity contribution in [1.29, 1.82) is 0 Å². The Hall–Kier alpha value is -0.170. The third kappa shape index (κ3) is 3.29. The Morgan fingerprint density at radius 2 is 1.68 bits per heavy atom. The van der Waals surface area contributed by atoms with Gasteiger partial charge in [-0.3, -0.25) is 4.90 Å². The number of rotatable bonds is 4. The molecule has 1 atom stereocenters. The van der Waals surface area contributed by atoms with Crippen LogP contribution < -0.4 is 5.73 Å². The molecule has 3 rings (SSSR count). The average molecular weight is 287 g/mol. The van der Waals surface area contributed by atoms with Gasteiger partial charge in [-0.15, -0.1) is 0 Å². The average Bonchev–Trinajstić information content (AvgIpc) is 3.02. The van der Waals surface area contributed by atoms with Crippen molar-refractivity contribution in [2.45, 2.75) is 44.2 Å². The van der Waals surface area contributed by atoms with E-state index in [1.807, 2.05) is 0 Å². The largest absolute Gasteiger partial charge is 0.328 e. The summed E-state index contributed by atoms with van der Waals surface area (Å²) < 4.78 is 26.2. The zero-order valence-corrected chi connectivity index (χ0v) is 12.3. The van der Waals surface area contributed by atoms with Gasteiger partial charge in [0.15, 0.2) is 0 Å². The Morgan fingerprint density at radius 1 is 1.00 bits per heavy atom. The van der Waals surface area contributed by atoms with Crippen LogP contribution in [0, 0.1) is 5.92 Å². The summed E-state index contributed by atoms with van der Waals surface area (Å²) in [6.07, 6.45) is 5.27. The van der Waals surface area contributed by atoms with Gasteiger partial charge in [0.2, 0.25) is 10.0 Å². The van der Waals surface area contributed by atoms with E-state index in [9.17, 15) is 8.42 Å². The van der Waals surface area contributed by atoms with Crippen LogP contribution in [0.1, 0.15) is 32.1 Å². The number of nitrogens with two attached hydrogens (primary N) is 1. The summed E-state index contributed by atoms with van der Waals surface area (Å²) in [5.41, 5.74) is 5.92. The second-order valence-electron chi connectivity index (χ2n) is 6.40. The molecule has 0 spiro atoms. The maximum atomic E-state index is 12.3. The summed E-state index contributed by atoms with van der Waals surface area (Å²) >= 11 is 0. The second kappa shape index (κ2) is 5.31. The lowest BCUT2D eigenvalue weighted by atomic mass is 10.0. The van der Waals surface area contributed by atoms with Crippen LogP contribution in [-0.4, -0.2) is 61.6 Å². The summed E-state index contributed by atoms with van der Waals surface area (Å²) in [5, 5.41) is 0. The van der Waals surface area contributed by atoms with Gasteiger partial charge in [-0.1, -0.05) is 0 Å². The first kappa shape index (κ1) is 13.8. The lowest BCUT2D eigenvalue weighted by Crippen LogP contribution is -2.46. The van der Waals surface area contributed by atoms with E-state index in [1.54, 1.807) is 4.31 Å². The van der Waals surface area contributed by atoms with Crippen molar-refractivity contribution in [2.24, 2.45) is 11.7 Å². The Balaban J connectivity index is 1.54. The maximum Gasteiger partial charge on any atom is 0.214 e. The highest BCUT2D eigenvalue weighted by molar-refractivity contribution is 7.89. The number of nitrogens with zero attached hydrogens (tertiary/aromatic N) is 2. The van der Waals surface area contributed by atoms with Gasteiger partial charge in [-0.25, -0.2) is 12.7 Å². The summed E-state index contributed by atoms with van der Waals surface area (Å²) in [6.45, 7) is 3.47. The van der Waals surface area contributed by atoms with Crippen molar-refractivity contribution in [3.63, 3.8) is 0 Å². The first-order valence-corrected chi connectivity index (χ1v) is 9.13. The van der Waals surface area contributed by atoms with Crippen LogP contribution in [0.25, 0.3) is 0 Å². The van der Waals surface area contributed by atoms with Gasteiger partial charge in [0, 0.05) is 25.2 Å². The van der Waals surface area contributed by atoms with Gasteiger partial charge in [0.1, 0.15) is 0 Å². The molecule has 5 nitrogen and oxygen atoms in total. The number of likely N-dealkylation sites (tertiary alicyclic amines) is 1. The van der Waals surface area contributed by atoms with Crippen LogP contribution in [0.15, 0.2) is 0 Å². The summed E-state index contributed by atoms with van der Waals surface area (Å²) in [5.74, 6) is 0.821. The second-order valence-corrected chi connectivity index (χ2v) is 8.41. The molecule has 1 saturated carbocycles. The molecule has 19 heavy (non-hydrogen) atoms. The molecule has 2 heterocycles. The van der Waals surface area contributed by atoms with Gasteiger partial charge in [0.25, 0.3) is 0 Å². The molecule has 2 aliphatic heterocycles. The molecule has 110 valence electrons. The molecule has 0 amide bonds. The summed E-state index contributed by atoms with van der Waals surface area (Å²) in [6, 6.07) is 0.758. The van der Waals surface area contributed by atoms with E-state index in [0.717, 1.165) is 45.2 Å². The van der Waals surface area contributed by atoms with Crippen molar-refractivity contribution in [3.05, 3.63) is 0 Å². The zero-order chi connectivity index (χ0) is 13.5. The number of hydrogen-bond donors (Lipinski definition) is 1. The maximum absolute atomic E-state index is 12.3. The third-order valence-corrected chi connectivity index (χ3v) is 6.76. The number of sulfonamides is 1. The molecule has 2 N–H and O–H groups in total. The molecule has 0 bridgehead atoms. The topological polar surface area (TPSA) is 66.6 Å². The zero-order valence-electron chi connectivity index (χ0n) is 11.5. The molecule has 1 aliphatic carbocycles. The Morgan fingerprint density at radius 3 is 2.32 bits per heavy atom. The van der Waals surface area contributed by atoms with Gasteiger partial charge < -0.3 is 5.73 Å². The van der Waals surface area contributed by atoms with Crippen LogP contribution in [0.3, 0.4) is 0 Å². The smallest absolute Gasteiger partial charge is 0.214 e. The predicted octanol–water partition coefficient (Wildman–Crippen LogP) is 0.224. The van der Waals surface area contributed by atoms with Crippen LogP contribution in [-0.2, 0) is 10.0 Å². The molecule has 2 saturated heterocycles. The molecule has 6 heteroatoms. The Bertz CT molecular complexity index is 414. The first-order valence-electron chi connectivity index (χ1n) is 7.52. The quantitative estimate of drug-likeness (QED) is 0.803. The fourth-order valence-electron chi connectivity index (χ4n) is 3.23. The van der Waals surface area contributed by atoms with E-state index in [1.165, 1.54) is 0 Å². The number of hydrogen-bond acceptors (Lipinski definition) is 4. The molecular formula is C13H25N3O2S. The van der Waals surface area contributed by atoms with Crippen molar-refractivity contribution >= 4 is 10.0 Å². The minimum absolute atomic E-state index is 0.340. The lowest BCUT2D eigenvalue weighted by Gasteiger charge is -2.34. The van der Waals surface area contributed by atoms with Gasteiger partial charge >= 0.3 is 0 Å². The highest BCUT2D eigenvalue weighted by Crippen LogP contribution is 2.32. The van der Waals surface area contributed by atoms with E-state index < -0.39 is 10.0 Å². The molecule has 0 radical (unpaired) electrons. The van der Waals surface area contributed by atoms with Gasteiger partial charge in [-0.2, -0.15) is 0 Å². The van der Waals surface area contributed by atoms with Crippen LogP contribution in [0.4, 0.5) is 0 Å². The number of piperidine rings is 1. The van der Waals surface area contributed by atoms with Crippen molar-refractivity contribution in [2.75, 3.05) is 31.9 Å². The van der Waals surface area contributed by atoms with E-state index in [-0.39, 0.29) is 0 Å². The van der Waals surface area contributed by atoms with E-state index in [4.69, 9.17) is 5.73 Å². The molecule has 3 fully saturated rings. The molecule has 0 aromatic heterocycles.